The molecular formula is C13H17NO2. The van der Waals surface area contributed by atoms with Gasteiger partial charge in [-0.2, -0.15) is 0 Å². The fraction of sp³-hybridized carbons (Fsp3) is 0.462. The summed E-state index contributed by atoms with van der Waals surface area (Å²) in [5.74, 6) is 0.128. The molecule has 0 aliphatic heterocycles. The van der Waals surface area contributed by atoms with Crippen LogP contribution in [-0.2, 0) is 0 Å². The molecule has 1 aromatic rings. The molecule has 1 aliphatic rings. The van der Waals surface area contributed by atoms with E-state index in [1.807, 2.05) is 0 Å². The smallest absolute Gasteiger partial charge is 0.251 e. The predicted octanol–water partition coefficient (Wildman–Crippen LogP) is 2.31. The van der Waals surface area contributed by atoms with E-state index in [-0.39, 0.29) is 11.7 Å². The van der Waals surface area contributed by atoms with Crippen LogP contribution in [0, 0.1) is 5.41 Å². The topological polar surface area (TPSA) is 49.3 Å². The molecule has 1 amide bonds. The van der Waals surface area contributed by atoms with E-state index >= 15 is 0 Å². The molecule has 0 radical (unpaired) electrons. The Morgan fingerprint density at radius 1 is 1.38 bits per heavy atom. The van der Waals surface area contributed by atoms with Crippen LogP contribution in [0.15, 0.2) is 24.3 Å². The molecule has 1 aromatic carbocycles. The van der Waals surface area contributed by atoms with Crippen molar-refractivity contribution in [3.05, 3.63) is 29.8 Å². The summed E-state index contributed by atoms with van der Waals surface area (Å²) >= 11 is 0. The highest BCUT2D eigenvalue weighted by Crippen LogP contribution is 2.47. The van der Waals surface area contributed by atoms with Crippen molar-refractivity contribution in [1.29, 1.82) is 0 Å². The van der Waals surface area contributed by atoms with Crippen molar-refractivity contribution >= 4 is 5.91 Å². The van der Waals surface area contributed by atoms with E-state index in [1.165, 1.54) is 25.0 Å². The summed E-state index contributed by atoms with van der Waals surface area (Å²) in [4.78, 5) is 11.8. The number of nitrogens with one attached hydrogen (secondary N) is 1. The fourth-order valence-electron chi connectivity index (χ4n) is 1.81. The van der Waals surface area contributed by atoms with E-state index in [1.54, 1.807) is 12.1 Å². The first-order chi connectivity index (χ1) is 7.65. The third-order valence-corrected chi connectivity index (χ3v) is 3.46. The molecule has 1 aliphatic carbocycles. The number of phenolic OH excluding ortho intramolecular Hbond substituents is 1. The van der Waals surface area contributed by atoms with Crippen molar-refractivity contribution < 1.29 is 9.90 Å². The maximum atomic E-state index is 11.8. The first-order valence-corrected chi connectivity index (χ1v) is 5.72. The van der Waals surface area contributed by atoms with E-state index < -0.39 is 0 Å². The Bertz CT molecular complexity index is 379. The second-order valence-corrected chi connectivity index (χ2v) is 4.58. The first-order valence-electron chi connectivity index (χ1n) is 5.72. The molecule has 16 heavy (non-hydrogen) atoms. The van der Waals surface area contributed by atoms with Gasteiger partial charge >= 0.3 is 0 Å². The van der Waals surface area contributed by atoms with Crippen LogP contribution in [-0.4, -0.2) is 17.6 Å². The SMILES string of the molecule is CCC1(CNC(=O)c2ccc(O)cc2)CC1. The number of hydrogen-bond acceptors (Lipinski definition) is 2. The molecule has 2 rings (SSSR count). The maximum Gasteiger partial charge on any atom is 0.251 e. The summed E-state index contributed by atoms with van der Waals surface area (Å²) in [6.45, 7) is 2.93. The minimum Gasteiger partial charge on any atom is -0.508 e. The van der Waals surface area contributed by atoms with Crippen molar-refractivity contribution in [1.82, 2.24) is 5.32 Å². The lowest BCUT2D eigenvalue weighted by Gasteiger charge is -2.13. The Morgan fingerprint density at radius 2 is 2.00 bits per heavy atom. The van der Waals surface area contributed by atoms with E-state index in [0.29, 0.717) is 11.0 Å². The molecule has 0 unspecified atom stereocenters. The number of hydrogen-bond donors (Lipinski definition) is 2. The van der Waals surface area contributed by atoms with Crippen LogP contribution in [0.3, 0.4) is 0 Å². The quantitative estimate of drug-likeness (QED) is 0.816. The minimum absolute atomic E-state index is 0.0558. The summed E-state index contributed by atoms with van der Waals surface area (Å²) in [6, 6.07) is 6.33. The van der Waals surface area contributed by atoms with Gasteiger partial charge in [0.05, 0.1) is 0 Å². The average molecular weight is 219 g/mol. The second kappa shape index (κ2) is 4.16. The standard InChI is InChI=1S/C13H17NO2/c1-2-13(7-8-13)9-14-12(16)10-3-5-11(15)6-4-10/h3-6,15H,2,7-9H2,1H3,(H,14,16). The lowest BCUT2D eigenvalue weighted by Crippen LogP contribution is -2.29. The Balaban J connectivity index is 1.91. The van der Waals surface area contributed by atoms with Gasteiger partial charge in [-0.15, -0.1) is 0 Å². The van der Waals surface area contributed by atoms with Gasteiger partial charge in [-0.05, 0) is 48.9 Å². The van der Waals surface area contributed by atoms with Crippen LogP contribution >= 0.6 is 0 Å². The van der Waals surface area contributed by atoms with Gasteiger partial charge in [0.25, 0.3) is 5.91 Å². The molecule has 0 heterocycles. The molecular weight excluding hydrogens is 202 g/mol. The zero-order chi connectivity index (χ0) is 11.6. The van der Waals surface area contributed by atoms with E-state index in [2.05, 4.69) is 12.2 Å². The second-order valence-electron chi connectivity index (χ2n) is 4.58. The molecule has 0 spiro atoms. The van der Waals surface area contributed by atoms with Crippen molar-refractivity contribution in [3.8, 4) is 5.75 Å². The highest BCUT2D eigenvalue weighted by molar-refractivity contribution is 5.94. The zero-order valence-corrected chi connectivity index (χ0v) is 9.49. The summed E-state index contributed by atoms with van der Waals surface area (Å²) in [5, 5.41) is 12.1. The third kappa shape index (κ3) is 2.35. The fourth-order valence-corrected chi connectivity index (χ4v) is 1.81. The third-order valence-electron chi connectivity index (χ3n) is 3.46. The van der Waals surface area contributed by atoms with Gasteiger partial charge in [-0.25, -0.2) is 0 Å². The molecule has 3 heteroatoms. The summed E-state index contributed by atoms with van der Waals surface area (Å²) in [5.41, 5.74) is 0.969. The normalized spacial score (nSPS) is 16.8. The minimum atomic E-state index is -0.0558. The number of phenols is 1. The van der Waals surface area contributed by atoms with Crippen LogP contribution in [0.5, 0.6) is 5.75 Å². The molecule has 2 N–H and O–H groups in total. The maximum absolute atomic E-state index is 11.8. The molecule has 0 bridgehead atoms. The summed E-state index contributed by atoms with van der Waals surface area (Å²) in [6.07, 6.45) is 3.57. The number of amides is 1. The van der Waals surface area contributed by atoms with Crippen LogP contribution in [0.25, 0.3) is 0 Å². The predicted molar refractivity (Wildman–Crippen MR) is 62.4 cm³/mol. The van der Waals surface area contributed by atoms with Gasteiger partial charge in [0.15, 0.2) is 0 Å². The number of carbonyl (C=O) groups is 1. The average Bonchev–Trinajstić information content (AvgIpc) is 3.08. The van der Waals surface area contributed by atoms with E-state index in [4.69, 9.17) is 5.11 Å². The number of aromatic hydroxyl groups is 1. The molecule has 86 valence electrons. The van der Waals surface area contributed by atoms with Gasteiger partial charge < -0.3 is 10.4 Å². The molecule has 0 aromatic heterocycles. The highest BCUT2D eigenvalue weighted by atomic mass is 16.3. The summed E-state index contributed by atoms with van der Waals surface area (Å²) in [7, 11) is 0. The van der Waals surface area contributed by atoms with E-state index in [9.17, 15) is 4.79 Å². The van der Waals surface area contributed by atoms with Crippen molar-refractivity contribution in [2.24, 2.45) is 5.41 Å². The van der Waals surface area contributed by atoms with E-state index in [0.717, 1.165) is 13.0 Å². The first kappa shape index (κ1) is 11.0. The van der Waals surface area contributed by atoms with Crippen LogP contribution in [0.1, 0.15) is 36.5 Å². The number of benzene rings is 1. The Hall–Kier alpha value is -1.51. The van der Waals surface area contributed by atoms with Crippen molar-refractivity contribution in [2.45, 2.75) is 26.2 Å². The number of rotatable bonds is 4. The largest absolute Gasteiger partial charge is 0.508 e. The molecule has 3 nitrogen and oxygen atoms in total. The van der Waals surface area contributed by atoms with Crippen LogP contribution in [0.2, 0.25) is 0 Å². The van der Waals surface area contributed by atoms with Gasteiger partial charge in [-0.3, -0.25) is 4.79 Å². The zero-order valence-electron chi connectivity index (χ0n) is 9.49. The highest BCUT2D eigenvalue weighted by Gasteiger charge is 2.40. The molecule has 0 atom stereocenters. The molecule has 1 saturated carbocycles. The summed E-state index contributed by atoms with van der Waals surface area (Å²) < 4.78 is 0. The van der Waals surface area contributed by atoms with Gasteiger partial charge in [0.1, 0.15) is 5.75 Å². The lowest BCUT2D eigenvalue weighted by molar-refractivity contribution is 0.0944. The monoisotopic (exact) mass is 219 g/mol. The van der Waals surface area contributed by atoms with Crippen LogP contribution in [0.4, 0.5) is 0 Å². The van der Waals surface area contributed by atoms with Gasteiger partial charge in [0.2, 0.25) is 0 Å². The Morgan fingerprint density at radius 3 is 2.50 bits per heavy atom. The lowest BCUT2D eigenvalue weighted by atomic mass is 10.0. The van der Waals surface area contributed by atoms with Gasteiger partial charge in [0, 0.05) is 12.1 Å². The Labute approximate surface area is 95.5 Å². The van der Waals surface area contributed by atoms with Crippen molar-refractivity contribution in [2.75, 3.05) is 6.54 Å². The van der Waals surface area contributed by atoms with Gasteiger partial charge in [-0.1, -0.05) is 6.92 Å². The molecule has 0 saturated heterocycles. The number of carbonyl (C=O) groups excluding carboxylic acids is 1. The Kier molecular flexibility index (Phi) is 2.86. The van der Waals surface area contributed by atoms with Crippen LogP contribution < -0.4 is 5.32 Å². The van der Waals surface area contributed by atoms with Crippen molar-refractivity contribution in [3.63, 3.8) is 0 Å². The molecule has 1 fully saturated rings.